The Hall–Kier alpha value is -3.02. The van der Waals surface area contributed by atoms with Gasteiger partial charge in [0.1, 0.15) is 5.82 Å². The van der Waals surface area contributed by atoms with Gasteiger partial charge in [-0.3, -0.25) is 9.59 Å². The number of nitrogens with zero attached hydrogens (tertiary/aromatic N) is 1. The molecule has 0 radical (unpaired) electrons. The molecule has 0 atom stereocenters. The number of fused-ring (bicyclic) bond motifs is 1. The van der Waals surface area contributed by atoms with Crippen molar-refractivity contribution in [2.75, 3.05) is 0 Å². The molecule has 0 saturated heterocycles. The third-order valence-corrected chi connectivity index (χ3v) is 3.32. The highest BCUT2D eigenvalue weighted by Crippen LogP contribution is 2.23. The predicted octanol–water partition coefficient (Wildman–Crippen LogP) is 2.50. The summed E-state index contributed by atoms with van der Waals surface area (Å²) in [6.07, 6.45) is 0. The molecule has 1 heterocycles. The lowest BCUT2D eigenvalue weighted by atomic mass is 10.1. The topological polar surface area (TPSA) is 63.7 Å². The van der Waals surface area contributed by atoms with E-state index in [1.54, 1.807) is 12.1 Å². The van der Waals surface area contributed by atoms with Crippen molar-refractivity contribution in [3.8, 4) is 0 Å². The van der Waals surface area contributed by atoms with Gasteiger partial charge in [-0.25, -0.2) is 9.18 Å². The molecule has 1 aliphatic heterocycles. The van der Waals surface area contributed by atoms with Crippen molar-refractivity contribution in [1.82, 2.24) is 5.06 Å². The number of amides is 2. The van der Waals surface area contributed by atoms with E-state index in [0.29, 0.717) is 5.06 Å². The number of rotatable bonds is 2. The van der Waals surface area contributed by atoms with Gasteiger partial charge in [-0.2, -0.15) is 0 Å². The number of hydrogen-bond acceptors (Lipinski definition) is 4. The summed E-state index contributed by atoms with van der Waals surface area (Å²) in [6, 6.07) is 9.81. The molecular formula is C16H10FNO4. The third-order valence-electron chi connectivity index (χ3n) is 3.32. The number of carbonyl (C=O) groups excluding carboxylic acids is 3. The first-order valence-electron chi connectivity index (χ1n) is 6.45. The number of aryl methyl sites for hydroxylation is 1. The summed E-state index contributed by atoms with van der Waals surface area (Å²) in [4.78, 5) is 41.0. The Morgan fingerprint density at radius 3 is 2.18 bits per heavy atom. The van der Waals surface area contributed by atoms with Crippen molar-refractivity contribution in [1.29, 1.82) is 0 Å². The highest BCUT2D eigenvalue weighted by atomic mass is 19.1. The maximum Gasteiger partial charge on any atom is 0.363 e. The van der Waals surface area contributed by atoms with Crippen molar-refractivity contribution in [2.24, 2.45) is 0 Å². The first kappa shape index (κ1) is 13.9. The Morgan fingerprint density at radius 1 is 1.05 bits per heavy atom. The van der Waals surface area contributed by atoms with Crippen LogP contribution in [0.5, 0.6) is 0 Å². The van der Waals surface area contributed by atoms with E-state index in [4.69, 9.17) is 4.84 Å². The Morgan fingerprint density at radius 2 is 1.64 bits per heavy atom. The van der Waals surface area contributed by atoms with E-state index in [2.05, 4.69) is 0 Å². The van der Waals surface area contributed by atoms with Crippen molar-refractivity contribution in [3.63, 3.8) is 0 Å². The third kappa shape index (κ3) is 2.14. The molecule has 0 saturated carbocycles. The maximum atomic E-state index is 13.2. The van der Waals surface area contributed by atoms with Crippen LogP contribution in [0.1, 0.15) is 36.6 Å². The van der Waals surface area contributed by atoms with E-state index in [1.807, 2.05) is 0 Å². The van der Waals surface area contributed by atoms with Crippen molar-refractivity contribution < 1.29 is 23.6 Å². The largest absolute Gasteiger partial charge is 0.363 e. The first-order valence-corrected chi connectivity index (χ1v) is 6.45. The van der Waals surface area contributed by atoms with E-state index >= 15 is 0 Å². The SMILES string of the molecule is Cc1cc(C(=O)ON2C(=O)c3ccccc3C2=O)ccc1F. The van der Waals surface area contributed by atoms with Gasteiger partial charge in [-0.05, 0) is 42.8 Å². The molecule has 0 fully saturated rings. The van der Waals surface area contributed by atoms with Gasteiger partial charge in [0, 0.05) is 0 Å². The monoisotopic (exact) mass is 299 g/mol. The Bertz CT molecular complexity index is 781. The Kier molecular flexibility index (Phi) is 3.21. The summed E-state index contributed by atoms with van der Waals surface area (Å²) in [7, 11) is 0. The van der Waals surface area contributed by atoms with Gasteiger partial charge in [-0.15, -0.1) is 0 Å². The normalized spacial score (nSPS) is 13.3. The molecule has 0 aromatic heterocycles. The second kappa shape index (κ2) is 5.07. The number of carbonyl (C=O) groups is 3. The highest BCUT2D eigenvalue weighted by molar-refractivity contribution is 6.21. The molecule has 0 unspecified atom stereocenters. The summed E-state index contributed by atoms with van der Waals surface area (Å²) in [6.45, 7) is 1.49. The Balaban J connectivity index is 1.85. The number of hydrogen-bond donors (Lipinski definition) is 0. The van der Waals surface area contributed by atoms with E-state index in [-0.39, 0.29) is 22.3 Å². The summed E-state index contributed by atoms with van der Waals surface area (Å²) in [5, 5.41) is 0.422. The number of hydroxylamine groups is 2. The molecule has 0 spiro atoms. The summed E-state index contributed by atoms with van der Waals surface area (Å²) in [5.41, 5.74) is 0.665. The molecule has 0 bridgehead atoms. The number of imide groups is 1. The lowest BCUT2D eigenvalue weighted by Crippen LogP contribution is -2.32. The fourth-order valence-corrected chi connectivity index (χ4v) is 2.16. The van der Waals surface area contributed by atoms with Gasteiger partial charge in [0.05, 0.1) is 16.7 Å². The molecule has 110 valence electrons. The van der Waals surface area contributed by atoms with Crippen LogP contribution in [0.3, 0.4) is 0 Å². The lowest BCUT2D eigenvalue weighted by Gasteiger charge is -2.12. The van der Waals surface area contributed by atoms with Crippen molar-refractivity contribution in [2.45, 2.75) is 6.92 Å². The molecule has 0 aliphatic carbocycles. The fraction of sp³-hybridized carbons (Fsp3) is 0.0625. The van der Waals surface area contributed by atoms with Gasteiger partial charge in [0.25, 0.3) is 11.8 Å². The van der Waals surface area contributed by atoms with Gasteiger partial charge in [-0.1, -0.05) is 17.2 Å². The zero-order chi connectivity index (χ0) is 15.9. The second-order valence-electron chi connectivity index (χ2n) is 4.79. The van der Waals surface area contributed by atoms with E-state index in [9.17, 15) is 18.8 Å². The van der Waals surface area contributed by atoms with Crippen molar-refractivity contribution in [3.05, 3.63) is 70.5 Å². The Labute approximate surface area is 124 Å². The zero-order valence-electron chi connectivity index (χ0n) is 11.5. The maximum absolute atomic E-state index is 13.2. The fourth-order valence-electron chi connectivity index (χ4n) is 2.16. The zero-order valence-corrected chi connectivity index (χ0v) is 11.5. The summed E-state index contributed by atoms with van der Waals surface area (Å²) >= 11 is 0. The van der Waals surface area contributed by atoms with Gasteiger partial charge < -0.3 is 4.84 Å². The average molecular weight is 299 g/mol. The van der Waals surface area contributed by atoms with Crippen molar-refractivity contribution >= 4 is 17.8 Å². The first-order chi connectivity index (χ1) is 10.5. The quantitative estimate of drug-likeness (QED) is 0.799. The van der Waals surface area contributed by atoms with Crippen LogP contribution in [0.2, 0.25) is 0 Å². The summed E-state index contributed by atoms with van der Waals surface area (Å²) < 4.78 is 13.2. The van der Waals surface area contributed by atoms with E-state index < -0.39 is 23.6 Å². The summed E-state index contributed by atoms with van der Waals surface area (Å²) in [5.74, 6) is -2.77. The van der Waals surface area contributed by atoms with Gasteiger partial charge in [0.2, 0.25) is 0 Å². The standard InChI is InChI=1S/C16H10FNO4/c1-9-8-10(6-7-13(9)17)16(21)22-18-14(19)11-4-2-3-5-12(11)15(18)20/h2-8H,1H3. The van der Waals surface area contributed by atoms with Crippen LogP contribution in [0, 0.1) is 12.7 Å². The van der Waals surface area contributed by atoms with Crippen LogP contribution in [-0.2, 0) is 4.84 Å². The van der Waals surface area contributed by atoms with Gasteiger partial charge in [0.15, 0.2) is 0 Å². The van der Waals surface area contributed by atoms with Crippen LogP contribution in [0.4, 0.5) is 4.39 Å². The molecule has 0 N–H and O–H groups in total. The van der Waals surface area contributed by atoms with Crippen LogP contribution in [0.15, 0.2) is 42.5 Å². The van der Waals surface area contributed by atoms with Crippen LogP contribution in [0.25, 0.3) is 0 Å². The van der Waals surface area contributed by atoms with Crippen LogP contribution in [-0.4, -0.2) is 22.8 Å². The minimum atomic E-state index is -0.905. The minimum Gasteiger partial charge on any atom is -0.324 e. The second-order valence-corrected chi connectivity index (χ2v) is 4.79. The number of benzene rings is 2. The molecule has 5 nitrogen and oxygen atoms in total. The lowest BCUT2D eigenvalue weighted by molar-refractivity contribution is -0.0584. The predicted molar refractivity (Wildman–Crippen MR) is 73.5 cm³/mol. The smallest absolute Gasteiger partial charge is 0.324 e. The van der Waals surface area contributed by atoms with E-state index in [1.165, 1.54) is 31.2 Å². The molecule has 6 heteroatoms. The minimum absolute atomic E-state index is 0.0513. The molecule has 2 aromatic rings. The molecule has 3 rings (SSSR count). The molecule has 1 aliphatic rings. The average Bonchev–Trinajstić information content (AvgIpc) is 2.75. The molecule has 2 amide bonds. The highest BCUT2D eigenvalue weighted by Gasteiger charge is 2.38. The molecular weight excluding hydrogens is 289 g/mol. The van der Waals surface area contributed by atoms with E-state index in [0.717, 1.165) is 6.07 Å². The molecule has 22 heavy (non-hydrogen) atoms. The van der Waals surface area contributed by atoms with Crippen LogP contribution >= 0.6 is 0 Å². The van der Waals surface area contributed by atoms with Gasteiger partial charge >= 0.3 is 5.97 Å². The van der Waals surface area contributed by atoms with Crippen LogP contribution < -0.4 is 0 Å². The molecule has 2 aromatic carbocycles. The number of halogens is 1.